The molecule has 0 saturated carbocycles. The van der Waals surface area contributed by atoms with Crippen molar-refractivity contribution in [3.05, 3.63) is 88.2 Å². The maximum Gasteiger partial charge on any atom is 0.279 e. The highest BCUT2D eigenvalue weighted by Crippen LogP contribution is 2.23. The third kappa shape index (κ3) is 4.04. The number of carbonyl (C=O) groups is 1. The van der Waals surface area contributed by atoms with E-state index in [-0.39, 0.29) is 11.6 Å². The number of carbonyl (C=O) groups excluding carboxylic acids is 1. The van der Waals surface area contributed by atoms with Crippen LogP contribution in [0.2, 0.25) is 0 Å². The predicted molar refractivity (Wildman–Crippen MR) is 110 cm³/mol. The summed E-state index contributed by atoms with van der Waals surface area (Å²) >= 11 is 3.44. The number of hydrogen-bond donors (Lipinski definition) is 1. The zero-order valence-corrected chi connectivity index (χ0v) is 16.7. The highest BCUT2D eigenvalue weighted by Gasteiger charge is 2.17. The van der Waals surface area contributed by atoms with Gasteiger partial charge in [0.1, 0.15) is 0 Å². The van der Waals surface area contributed by atoms with Crippen molar-refractivity contribution in [2.45, 2.75) is 13.5 Å². The van der Waals surface area contributed by atoms with Gasteiger partial charge in [-0.15, -0.1) is 0 Å². The molecule has 0 radical (unpaired) electrons. The fourth-order valence-corrected chi connectivity index (χ4v) is 3.15. The van der Waals surface area contributed by atoms with Gasteiger partial charge in [0.05, 0.1) is 11.0 Å². The van der Waals surface area contributed by atoms with E-state index in [1.54, 1.807) is 10.7 Å². The Balaban J connectivity index is 1.47. The molecule has 0 unspecified atom stereocenters. The van der Waals surface area contributed by atoms with Crippen molar-refractivity contribution in [3.63, 3.8) is 0 Å². The minimum absolute atomic E-state index is 0.193. The van der Waals surface area contributed by atoms with Gasteiger partial charge in [-0.2, -0.15) is 5.10 Å². The molecule has 2 aromatic heterocycles. The molecule has 2 heterocycles. The largest absolute Gasteiger partial charge is 0.355 e. The Morgan fingerprint density at radius 1 is 1.14 bits per heavy atom. The molecule has 0 aliphatic carbocycles. The smallest absolute Gasteiger partial charge is 0.279 e. The van der Waals surface area contributed by atoms with Crippen LogP contribution in [0.3, 0.4) is 0 Å². The third-order valence-electron chi connectivity index (χ3n) is 4.22. The fraction of sp³-hybridized carbons (Fsp3) is 0.0952. The molecule has 0 spiro atoms. The second kappa shape index (κ2) is 7.82. The van der Waals surface area contributed by atoms with Crippen molar-refractivity contribution in [2.24, 2.45) is 0 Å². The first kappa shape index (κ1) is 18.2. The van der Waals surface area contributed by atoms with Gasteiger partial charge in [0.2, 0.25) is 0 Å². The molecule has 0 atom stereocenters. The van der Waals surface area contributed by atoms with Crippen molar-refractivity contribution >= 4 is 27.7 Å². The number of nitrogens with one attached hydrogen (secondary N) is 1. The standard InChI is InChI=1S/C21H17BrN4O2/c1-14-7-9-15(10-8-14)12-26-13-17(22)20(24-26)23-21(27)18-11-19(28-25-18)16-5-3-2-4-6-16/h2-11,13H,12H2,1H3,(H,23,24,27). The number of aromatic nitrogens is 3. The Morgan fingerprint density at radius 2 is 1.89 bits per heavy atom. The van der Waals surface area contributed by atoms with Crippen LogP contribution in [0.4, 0.5) is 5.82 Å². The number of rotatable bonds is 5. The van der Waals surface area contributed by atoms with Gasteiger partial charge in [-0.1, -0.05) is 65.3 Å². The van der Waals surface area contributed by atoms with Crippen molar-refractivity contribution in [3.8, 4) is 11.3 Å². The number of anilines is 1. The maximum absolute atomic E-state index is 12.5. The molecule has 1 amide bonds. The summed E-state index contributed by atoms with van der Waals surface area (Å²) in [7, 11) is 0. The topological polar surface area (TPSA) is 73.0 Å². The maximum atomic E-state index is 12.5. The van der Waals surface area contributed by atoms with E-state index in [9.17, 15) is 4.79 Å². The first-order chi connectivity index (χ1) is 13.6. The van der Waals surface area contributed by atoms with E-state index in [1.807, 2.05) is 36.5 Å². The molecular formula is C21H17BrN4O2. The molecule has 140 valence electrons. The van der Waals surface area contributed by atoms with Crippen LogP contribution in [0.25, 0.3) is 11.3 Å². The molecule has 0 aliphatic rings. The zero-order chi connectivity index (χ0) is 19.5. The summed E-state index contributed by atoms with van der Waals surface area (Å²) in [4.78, 5) is 12.5. The van der Waals surface area contributed by atoms with Crippen LogP contribution >= 0.6 is 15.9 Å². The minimum atomic E-state index is -0.382. The molecule has 4 rings (SSSR count). The van der Waals surface area contributed by atoms with Gasteiger partial charge in [-0.05, 0) is 28.4 Å². The number of nitrogens with zero attached hydrogens (tertiary/aromatic N) is 3. The molecule has 28 heavy (non-hydrogen) atoms. The number of benzene rings is 2. The monoisotopic (exact) mass is 436 g/mol. The van der Waals surface area contributed by atoms with Crippen LogP contribution in [-0.4, -0.2) is 20.8 Å². The lowest BCUT2D eigenvalue weighted by Gasteiger charge is -2.02. The normalized spacial score (nSPS) is 10.8. The van der Waals surface area contributed by atoms with Crippen molar-refractivity contribution < 1.29 is 9.32 Å². The average molecular weight is 437 g/mol. The lowest BCUT2D eigenvalue weighted by molar-refractivity contribution is 0.101. The van der Waals surface area contributed by atoms with Crippen LogP contribution in [0, 0.1) is 6.92 Å². The Bertz CT molecular complexity index is 1100. The summed E-state index contributed by atoms with van der Waals surface area (Å²) in [5, 5.41) is 11.1. The van der Waals surface area contributed by atoms with E-state index in [1.165, 1.54) is 5.56 Å². The second-order valence-electron chi connectivity index (χ2n) is 6.41. The van der Waals surface area contributed by atoms with Crippen LogP contribution < -0.4 is 5.32 Å². The fourth-order valence-electron chi connectivity index (χ4n) is 2.74. The molecule has 0 saturated heterocycles. The highest BCUT2D eigenvalue weighted by molar-refractivity contribution is 9.10. The third-order valence-corrected chi connectivity index (χ3v) is 4.80. The van der Waals surface area contributed by atoms with E-state index in [0.717, 1.165) is 11.1 Å². The molecule has 4 aromatic rings. The van der Waals surface area contributed by atoms with E-state index in [2.05, 4.69) is 62.7 Å². The number of halogens is 1. The SMILES string of the molecule is Cc1ccc(Cn2cc(Br)c(NC(=O)c3cc(-c4ccccc4)on3)n2)cc1. The van der Waals surface area contributed by atoms with Crippen LogP contribution in [0.5, 0.6) is 0 Å². The van der Waals surface area contributed by atoms with Gasteiger partial charge in [-0.25, -0.2) is 0 Å². The van der Waals surface area contributed by atoms with E-state index >= 15 is 0 Å². The van der Waals surface area contributed by atoms with E-state index in [4.69, 9.17) is 4.52 Å². The summed E-state index contributed by atoms with van der Waals surface area (Å²) in [5.41, 5.74) is 3.39. The van der Waals surface area contributed by atoms with Gasteiger partial charge in [0.15, 0.2) is 17.3 Å². The number of aryl methyl sites for hydroxylation is 1. The highest BCUT2D eigenvalue weighted by atomic mass is 79.9. The Labute approximate surface area is 170 Å². The number of hydrogen-bond acceptors (Lipinski definition) is 4. The Morgan fingerprint density at radius 3 is 2.64 bits per heavy atom. The minimum Gasteiger partial charge on any atom is -0.355 e. The van der Waals surface area contributed by atoms with Crippen LogP contribution in [0.1, 0.15) is 21.6 Å². The van der Waals surface area contributed by atoms with Gasteiger partial charge in [0.25, 0.3) is 5.91 Å². The average Bonchev–Trinajstić information content (AvgIpc) is 3.32. The van der Waals surface area contributed by atoms with E-state index in [0.29, 0.717) is 22.6 Å². The molecular weight excluding hydrogens is 420 g/mol. The van der Waals surface area contributed by atoms with Gasteiger partial charge >= 0.3 is 0 Å². The predicted octanol–water partition coefficient (Wildman–Crippen LogP) is 4.91. The van der Waals surface area contributed by atoms with Gasteiger partial charge < -0.3 is 9.84 Å². The zero-order valence-electron chi connectivity index (χ0n) is 15.1. The molecule has 6 nitrogen and oxygen atoms in total. The molecule has 0 aliphatic heterocycles. The summed E-state index contributed by atoms with van der Waals surface area (Å²) in [6, 6.07) is 19.4. The Kier molecular flexibility index (Phi) is 5.08. The van der Waals surface area contributed by atoms with Crippen molar-refractivity contribution in [1.29, 1.82) is 0 Å². The van der Waals surface area contributed by atoms with Crippen LogP contribution in [0.15, 0.2) is 75.9 Å². The summed E-state index contributed by atoms with van der Waals surface area (Å²) in [6.07, 6.45) is 1.83. The van der Waals surface area contributed by atoms with Gasteiger partial charge in [-0.3, -0.25) is 9.48 Å². The number of amides is 1. The molecule has 1 N–H and O–H groups in total. The quantitative estimate of drug-likeness (QED) is 0.482. The lowest BCUT2D eigenvalue weighted by Crippen LogP contribution is -2.13. The molecule has 7 heteroatoms. The van der Waals surface area contributed by atoms with Crippen molar-refractivity contribution in [2.75, 3.05) is 5.32 Å². The second-order valence-corrected chi connectivity index (χ2v) is 7.26. The van der Waals surface area contributed by atoms with Crippen molar-refractivity contribution in [1.82, 2.24) is 14.9 Å². The summed E-state index contributed by atoms with van der Waals surface area (Å²) in [5.74, 6) is 0.586. The summed E-state index contributed by atoms with van der Waals surface area (Å²) < 4.78 is 7.75. The van der Waals surface area contributed by atoms with E-state index < -0.39 is 0 Å². The Hall–Kier alpha value is -3.19. The molecule has 2 aromatic carbocycles. The summed E-state index contributed by atoms with van der Waals surface area (Å²) in [6.45, 7) is 2.66. The first-order valence-electron chi connectivity index (χ1n) is 8.70. The molecule has 0 bridgehead atoms. The first-order valence-corrected chi connectivity index (χ1v) is 9.50. The van der Waals surface area contributed by atoms with Gasteiger partial charge in [0, 0.05) is 17.8 Å². The molecule has 0 fully saturated rings. The van der Waals surface area contributed by atoms with Crippen LogP contribution in [-0.2, 0) is 6.54 Å². The lowest BCUT2D eigenvalue weighted by atomic mass is 10.1.